The normalized spacial score (nSPS) is 14.0. The van der Waals surface area contributed by atoms with Crippen LogP contribution in [-0.4, -0.2) is 23.2 Å². The largest absolute Gasteiger partial charge is 0.370 e. The van der Waals surface area contributed by atoms with Crippen LogP contribution in [0.15, 0.2) is 24.3 Å². The molecule has 0 atom stereocenters. The van der Waals surface area contributed by atoms with E-state index in [1.165, 1.54) is 5.56 Å². The van der Waals surface area contributed by atoms with Crippen molar-refractivity contribution in [3.63, 3.8) is 0 Å². The van der Waals surface area contributed by atoms with Crippen molar-refractivity contribution in [2.75, 3.05) is 6.54 Å². The zero-order valence-electron chi connectivity index (χ0n) is 9.07. The first-order valence-corrected chi connectivity index (χ1v) is 5.38. The maximum Gasteiger partial charge on any atom is 0.217 e. The lowest BCUT2D eigenvalue weighted by Gasteiger charge is -2.16. The van der Waals surface area contributed by atoms with E-state index < -0.39 is 0 Å². The fourth-order valence-corrected chi connectivity index (χ4v) is 1.98. The Bertz CT molecular complexity index is 428. The molecule has 0 saturated carbocycles. The molecule has 1 amide bonds. The average Bonchev–Trinajstić information content (AvgIpc) is 2.56. The van der Waals surface area contributed by atoms with E-state index in [1.807, 2.05) is 29.2 Å². The Morgan fingerprint density at radius 2 is 2.19 bits per heavy atom. The minimum Gasteiger partial charge on any atom is -0.370 e. The van der Waals surface area contributed by atoms with Crippen LogP contribution in [0.5, 0.6) is 0 Å². The lowest BCUT2D eigenvalue weighted by atomic mass is 10.1. The quantitative estimate of drug-likeness (QED) is 0.792. The summed E-state index contributed by atoms with van der Waals surface area (Å²) in [5, 5.41) is 7.98. The summed E-state index contributed by atoms with van der Waals surface area (Å²) in [4.78, 5) is 12.6. The van der Waals surface area contributed by atoms with E-state index in [9.17, 15) is 4.79 Å². The predicted octanol–water partition coefficient (Wildman–Crippen LogP) is 1.09. The van der Waals surface area contributed by atoms with Gasteiger partial charge in [0.1, 0.15) is 5.84 Å². The number of rotatable bonds is 4. The van der Waals surface area contributed by atoms with Crippen molar-refractivity contribution < 1.29 is 4.79 Å². The molecule has 16 heavy (non-hydrogen) atoms. The maximum atomic E-state index is 10.6. The first-order chi connectivity index (χ1) is 7.68. The topological polar surface area (TPSA) is 70.2 Å². The smallest absolute Gasteiger partial charge is 0.217 e. The van der Waals surface area contributed by atoms with Crippen LogP contribution < -0.4 is 5.73 Å². The van der Waals surface area contributed by atoms with E-state index in [-0.39, 0.29) is 5.91 Å². The van der Waals surface area contributed by atoms with Crippen LogP contribution in [0, 0.1) is 5.41 Å². The Labute approximate surface area is 94.6 Å². The van der Waals surface area contributed by atoms with Gasteiger partial charge in [-0.1, -0.05) is 24.3 Å². The molecule has 3 N–H and O–H groups in total. The predicted molar refractivity (Wildman–Crippen MR) is 62.1 cm³/mol. The van der Waals surface area contributed by atoms with Crippen LogP contribution >= 0.6 is 0 Å². The molecule has 1 aliphatic rings. The van der Waals surface area contributed by atoms with Crippen LogP contribution in [0.3, 0.4) is 0 Å². The SMILES string of the molecule is N=C1c2ccccc2CN1CCCC(N)=O. The first-order valence-electron chi connectivity index (χ1n) is 5.38. The number of nitrogens with zero attached hydrogens (tertiary/aromatic N) is 1. The average molecular weight is 217 g/mol. The van der Waals surface area contributed by atoms with Gasteiger partial charge in [0.15, 0.2) is 0 Å². The summed E-state index contributed by atoms with van der Waals surface area (Å²) >= 11 is 0. The van der Waals surface area contributed by atoms with Gasteiger partial charge in [-0.15, -0.1) is 0 Å². The van der Waals surface area contributed by atoms with Crippen molar-refractivity contribution in [1.29, 1.82) is 5.41 Å². The Kier molecular flexibility index (Phi) is 2.90. The molecule has 0 saturated heterocycles. The zero-order chi connectivity index (χ0) is 11.5. The zero-order valence-corrected chi connectivity index (χ0v) is 9.07. The molecular formula is C12H15N3O. The van der Waals surface area contributed by atoms with Crippen LogP contribution in [0.4, 0.5) is 0 Å². The highest BCUT2D eigenvalue weighted by Gasteiger charge is 2.22. The Balaban J connectivity index is 1.97. The number of nitrogens with two attached hydrogens (primary N) is 1. The fourth-order valence-electron chi connectivity index (χ4n) is 1.98. The third-order valence-corrected chi connectivity index (χ3v) is 2.80. The summed E-state index contributed by atoms with van der Waals surface area (Å²) in [6.45, 7) is 1.49. The lowest BCUT2D eigenvalue weighted by molar-refractivity contribution is -0.118. The highest BCUT2D eigenvalue weighted by Crippen LogP contribution is 2.22. The van der Waals surface area contributed by atoms with Gasteiger partial charge in [-0.3, -0.25) is 10.2 Å². The van der Waals surface area contributed by atoms with Crippen LogP contribution in [-0.2, 0) is 11.3 Å². The van der Waals surface area contributed by atoms with E-state index in [2.05, 4.69) is 0 Å². The van der Waals surface area contributed by atoms with Crippen LogP contribution in [0.2, 0.25) is 0 Å². The summed E-state index contributed by atoms with van der Waals surface area (Å²) in [6, 6.07) is 7.93. The van der Waals surface area contributed by atoms with E-state index in [1.54, 1.807) is 0 Å². The summed E-state index contributed by atoms with van der Waals surface area (Å²) in [5.74, 6) is 0.281. The van der Waals surface area contributed by atoms with Gasteiger partial charge in [0, 0.05) is 25.1 Å². The van der Waals surface area contributed by atoms with Crippen molar-refractivity contribution in [2.24, 2.45) is 5.73 Å². The maximum absolute atomic E-state index is 10.6. The molecule has 0 aliphatic carbocycles. The van der Waals surface area contributed by atoms with Crippen LogP contribution in [0.25, 0.3) is 0 Å². The Morgan fingerprint density at radius 1 is 1.44 bits per heavy atom. The van der Waals surface area contributed by atoms with E-state index in [0.29, 0.717) is 18.7 Å². The molecule has 4 heteroatoms. The second kappa shape index (κ2) is 4.35. The number of hydrogen-bond acceptors (Lipinski definition) is 2. The number of benzene rings is 1. The molecule has 1 aromatic rings. The van der Waals surface area contributed by atoms with E-state index in [4.69, 9.17) is 11.1 Å². The summed E-state index contributed by atoms with van der Waals surface area (Å²) in [7, 11) is 0. The molecule has 2 rings (SSSR count). The summed E-state index contributed by atoms with van der Waals surface area (Å²) < 4.78 is 0. The number of hydrogen-bond donors (Lipinski definition) is 2. The number of fused-ring (bicyclic) bond motifs is 1. The minimum atomic E-state index is -0.275. The lowest BCUT2D eigenvalue weighted by Crippen LogP contribution is -2.26. The molecule has 0 aromatic heterocycles. The summed E-state index contributed by atoms with van der Waals surface area (Å²) in [5.41, 5.74) is 7.27. The molecule has 0 spiro atoms. The number of primary amides is 1. The fraction of sp³-hybridized carbons (Fsp3) is 0.333. The van der Waals surface area contributed by atoms with Crippen molar-refractivity contribution >= 4 is 11.7 Å². The van der Waals surface area contributed by atoms with Crippen molar-refractivity contribution in [2.45, 2.75) is 19.4 Å². The molecule has 4 nitrogen and oxygen atoms in total. The van der Waals surface area contributed by atoms with Gasteiger partial charge in [0.05, 0.1) is 0 Å². The number of nitrogens with one attached hydrogen (secondary N) is 1. The second-order valence-electron chi connectivity index (χ2n) is 4.00. The molecule has 0 radical (unpaired) electrons. The molecule has 0 bridgehead atoms. The van der Waals surface area contributed by atoms with Gasteiger partial charge in [-0.05, 0) is 12.0 Å². The molecule has 1 heterocycles. The highest BCUT2D eigenvalue weighted by atomic mass is 16.1. The van der Waals surface area contributed by atoms with Crippen LogP contribution in [0.1, 0.15) is 24.0 Å². The molecular weight excluding hydrogens is 202 g/mol. The van der Waals surface area contributed by atoms with Gasteiger partial charge in [-0.25, -0.2) is 0 Å². The Hall–Kier alpha value is -1.84. The standard InChI is InChI=1S/C12H15N3O/c13-11(16)6-3-7-15-8-9-4-1-2-5-10(9)12(15)14/h1-2,4-5,14H,3,6-8H2,(H2,13,16). The summed E-state index contributed by atoms with van der Waals surface area (Å²) in [6.07, 6.45) is 1.10. The van der Waals surface area contributed by atoms with Gasteiger partial charge in [-0.2, -0.15) is 0 Å². The third-order valence-electron chi connectivity index (χ3n) is 2.80. The van der Waals surface area contributed by atoms with Gasteiger partial charge >= 0.3 is 0 Å². The number of carbonyl (C=O) groups is 1. The van der Waals surface area contributed by atoms with Crippen molar-refractivity contribution in [3.8, 4) is 0 Å². The van der Waals surface area contributed by atoms with Crippen molar-refractivity contribution in [1.82, 2.24) is 4.90 Å². The first kappa shape index (κ1) is 10.7. The number of amidine groups is 1. The van der Waals surface area contributed by atoms with E-state index in [0.717, 1.165) is 18.7 Å². The number of carbonyl (C=O) groups excluding carboxylic acids is 1. The molecule has 84 valence electrons. The Morgan fingerprint density at radius 3 is 2.88 bits per heavy atom. The van der Waals surface area contributed by atoms with Crippen molar-refractivity contribution in [3.05, 3.63) is 35.4 Å². The van der Waals surface area contributed by atoms with Gasteiger partial charge in [0.25, 0.3) is 0 Å². The monoisotopic (exact) mass is 217 g/mol. The third kappa shape index (κ3) is 2.05. The van der Waals surface area contributed by atoms with Gasteiger partial charge < -0.3 is 10.6 Å². The van der Waals surface area contributed by atoms with E-state index >= 15 is 0 Å². The van der Waals surface area contributed by atoms with Gasteiger partial charge in [0.2, 0.25) is 5.91 Å². The molecule has 0 unspecified atom stereocenters. The molecule has 1 aromatic carbocycles. The highest BCUT2D eigenvalue weighted by molar-refractivity contribution is 6.00. The minimum absolute atomic E-state index is 0.275. The number of amides is 1. The second-order valence-corrected chi connectivity index (χ2v) is 4.00. The molecule has 1 aliphatic heterocycles. The molecule has 0 fully saturated rings.